The molecule has 1 aromatic rings. The minimum atomic E-state index is -0.903. The van der Waals surface area contributed by atoms with E-state index < -0.39 is 18.0 Å². The number of hydrogen-bond acceptors (Lipinski definition) is 6. The molecule has 0 bridgehead atoms. The van der Waals surface area contributed by atoms with Crippen molar-refractivity contribution in [3.05, 3.63) is 23.3 Å². The van der Waals surface area contributed by atoms with Crippen LogP contribution >= 0.6 is 0 Å². The summed E-state index contributed by atoms with van der Waals surface area (Å²) in [5, 5.41) is 29.3. The van der Waals surface area contributed by atoms with Gasteiger partial charge in [0.05, 0.1) is 6.10 Å². The first kappa shape index (κ1) is 17.3. The lowest BCUT2D eigenvalue weighted by molar-refractivity contribution is -0.138. The van der Waals surface area contributed by atoms with Gasteiger partial charge in [0.1, 0.15) is 17.1 Å². The number of benzene rings is 1. The van der Waals surface area contributed by atoms with Crippen LogP contribution in [0.2, 0.25) is 0 Å². The highest BCUT2D eigenvalue weighted by Gasteiger charge is 2.22. The first-order valence-electron chi connectivity index (χ1n) is 7.95. The molecule has 1 unspecified atom stereocenters. The van der Waals surface area contributed by atoms with Gasteiger partial charge in [0.2, 0.25) is 0 Å². The molecular weight excluding hydrogens is 300 g/mol. The summed E-state index contributed by atoms with van der Waals surface area (Å²) >= 11 is 0. The Morgan fingerprint density at radius 1 is 0.957 bits per heavy atom. The largest absolute Gasteiger partial charge is 0.508 e. The number of aliphatic hydroxyl groups is 1. The van der Waals surface area contributed by atoms with E-state index >= 15 is 0 Å². The van der Waals surface area contributed by atoms with Gasteiger partial charge in [-0.05, 0) is 43.7 Å². The third-order valence-corrected chi connectivity index (χ3v) is 4.00. The van der Waals surface area contributed by atoms with Crippen LogP contribution in [-0.2, 0) is 16.0 Å². The third-order valence-electron chi connectivity index (χ3n) is 4.00. The molecule has 0 aromatic heterocycles. The summed E-state index contributed by atoms with van der Waals surface area (Å²) in [7, 11) is 0. The van der Waals surface area contributed by atoms with Gasteiger partial charge < -0.3 is 20.1 Å². The molecule has 1 aromatic carbocycles. The van der Waals surface area contributed by atoms with Crippen LogP contribution in [0.1, 0.15) is 60.9 Å². The molecule has 0 saturated heterocycles. The molecule has 23 heavy (non-hydrogen) atoms. The maximum Gasteiger partial charge on any atom is 0.349 e. The molecule has 1 aliphatic rings. The van der Waals surface area contributed by atoms with Crippen molar-refractivity contribution in [3.8, 4) is 11.5 Å². The van der Waals surface area contributed by atoms with E-state index in [0.29, 0.717) is 31.2 Å². The fraction of sp³-hybridized carbons (Fsp3) is 0.529. The first-order chi connectivity index (χ1) is 11.0. The lowest BCUT2D eigenvalue weighted by Gasteiger charge is -2.14. The minimum Gasteiger partial charge on any atom is -0.508 e. The van der Waals surface area contributed by atoms with Gasteiger partial charge in [0.25, 0.3) is 0 Å². The van der Waals surface area contributed by atoms with Gasteiger partial charge >= 0.3 is 11.9 Å². The van der Waals surface area contributed by atoms with Gasteiger partial charge in [0, 0.05) is 12.5 Å². The molecule has 0 radical (unpaired) electrons. The molecule has 1 heterocycles. The van der Waals surface area contributed by atoms with Crippen molar-refractivity contribution >= 4 is 11.9 Å². The molecule has 1 atom stereocenters. The smallest absolute Gasteiger partial charge is 0.349 e. The maximum absolute atomic E-state index is 12.1. The fourth-order valence-corrected chi connectivity index (χ4v) is 2.81. The summed E-state index contributed by atoms with van der Waals surface area (Å²) in [6.45, 7) is 0. The van der Waals surface area contributed by atoms with E-state index in [4.69, 9.17) is 4.74 Å². The van der Waals surface area contributed by atoms with E-state index in [2.05, 4.69) is 0 Å². The highest BCUT2D eigenvalue weighted by atomic mass is 16.6. The van der Waals surface area contributed by atoms with Gasteiger partial charge in [-0.2, -0.15) is 0 Å². The summed E-state index contributed by atoms with van der Waals surface area (Å²) in [6, 6.07) is 2.46. The minimum absolute atomic E-state index is 0.0387. The Labute approximate surface area is 134 Å². The van der Waals surface area contributed by atoms with Gasteiger partial charge in [-0.15, -0.1) is 0 Å². The Hall–Kier alpha value is -2.08. The van der Waals surface area contributed by atoms with Gasteiger partial charge in [0.15, 0.2) is 0 Å². The molecule has 6 nitrogen and oxygen atoms in total. The number of aromatic hydroxyl groups is 2. The van der Waals surface area contributed by atoms with E-state index in [-0.39, 0.29) is 23.5 Å². The van der Waals surface area contributed by atoms with Crippen LogP contribution in [0.3, 0.4) is 0 Å². The van der Waals surface area contributed by atoms with Crippen LogP contribution in [0.25, 0.3) is 0 Å². The quantitative estimate of drug-likeness (QED) is 0.500. The molecule has 0 saturated carbocycles. The van der Waals surface area contributed by atoms with E-state index in [1.54, 1.807) is 0 Å². The molecule has 1 aliphatic heterocycles. The summed E-state index contributed by atoms with van der Waals surface area (Å²) in [5.41, 5.74) is 0.395. The number of rotatable bonds is 0. The number of carbonyl (C=O) groups is 2. The average Bonchev–Trinajstić information content (AvgIpc) is 2.45. The molecule has 126 valence electrons. The predicted octanol–water partition coefficient (Wildman–Crippen LogP) is 2.43. The van der Waals surface area contributed by atoms with E-state index in [1.165, 1.54) is 6.07 Å². The summed E-state index contributed by atoms with van der Waals surface area (Å²) in [5.74, 6) is -2.12. The summed E-state index contributed by atoms with van der Waals surface area (Å²) < 4.78 is 4.78. The fourth-order valence-electron chi connectivity index (χ4n) is 2.81. The topological polar surface area (TPSA) is 104 Å². The Kier molecular flexibility index (Phi) is 5.98. The van der Waals surface area contributed by atoms with E-state index in [9.17, 15) is 24.9 Å². The third kappa shape index (κ3) is 4.96. The van der Waals surface area contributed by atoms with Gasteiger partial charge in [-0.1, -0.05) is 12.8 Å². The van der Waals surface area contributed by atoms with E-state index in [1.807, 2.05) is 0 Å². The second-order valence-electron chi connectivity index (χ2n) is 5.91. The number of aryl methyl sites for hydroxylation is 1. The summed E-state index contributed by atoms with van der Waals surface area (Å²) in [4.78, 5) is 23.9. The Morgan fingerprint density at radius 3 is 2.48 bits per heavy atom. The van der Waals surface area contributed by atoms with Crippen LogP contribution in [0.5, 0.6) is 11.5 Å². The van der Waals surface area contributed by atoms with Crippen molar-refractivity contribution in [2.24, 2.45) is 0 Å². The van der Waals surface area contributed by atoms with Crippen molar-refractivity contribution < 1.29 is 29.6 Å². The average molecular weight is 322 g/mol. The predicted molar refractivity (Wildman–Crippen MR) is 82.2 cm³/mol. The zero-order valence-electron chi connectivity index (χ0n) is 13.0. The standard InChI is InChI=1S/C17H22O6/c18-12-6-3-1-2-5-11-9-13(19)10-14(20)16(11)17(22)23-15(21)8-4-7-12/h9-10,12,18-20H,1-8H2. The molecule has 0 spiro atoms. The lowest BCUT2D eigenvalue weighted by atomic mass is 9.98. The van der Waals surface area contributed by atoms with Crippen molar-refractivity contribution in [1.29, 1.82) is 0 Å². The molecule has 0 fully saturated rings. The van der Waals surface area contributed by atoms with Crippen molar-refractivity contribution in [1.82, 2.24) is 0 Å². The zero-order valence-corrected chi connectivity index (χ0v) is 13.0. The molecule has 0 aliphatic carbocycles. The Balaban J connectivity index is 2.23. The number of cyclic esters (lactones) is 2. The normalized spacial score (nSPS) is 21.2. The number of fused-ring (bicyclic) bond motifs is 1. The highest BCUT2D eigenvalue weighted by molar-refractivity contribution is 6.00. The van der Waals surface area contributed by atoms with Crippen molar-refractivity contribution in [2.75, 3.05) is 0 Å². The number of aliphatic hydroxyl groups excluding tert-OH is 1. The second-order valence-corrected chi connectivity index (χ2v) is 5.91. The number of ether oxygens (including phenoxy) is 1. The van der Waals surface area contributed by atoms with Crippen LogP contribution < -0.4 is 0 Å². The van der Waals surface area contributed by atoms with Crippen molar-refractivity contribution in [2.45, 2.75) is 57.5 Å². The molecular formula is C17H22O6. The van der Waals surface area contributed by atoms with Gasteiger partial charge in [-0.3, -0.25) is 4.79 Å². The summed E-state index contributed by atoms with van der Waals surface area (Å²) in [6.07, 6.45) is 4.13. The van der Waals surface area contributed by atoms with Gasteiger partial charge in [-0.25, -0.2) is 4.79 Å². The molecule has 2 rings (SSSR count). The number of carbonyl (C=O) groups excluding carboxylic acids is 2. The van der Waals surface area contributed by atoms with Crippen LogP contribution in [0.4, 0.5) is 0 Å². The zero-order chi connectivity index (χ0) is 16.8. The molecule has 6 heteroatoms. The first-order valence-corrected chi connectivity index (χ1v) is 7.95. The highest BCUT2D eigenvalue weighted by Crippen LogP contribution is 2.29. The maximum atomic E-state index is 12.1. The van der Waals surface area contributed by atoms with Crippen LogP contribution in [0, 0.1) is 0 Å². The number of hydrogen-bond donors (Lipinski definition) is 3. The Morgan fingerprint density at radius 2 is 1.70 bits per heavy atom. The lowest BCUT2D eigenvalue weighted by Crippen LogP contribution is -2.16. The number of phenolic OH excluding ortho intramolecular Hbond substituents is 2. The monoisotopic (exact) mass is 322 g/mol. The SMILES string of the molecule is O=C1CCCC(O)CCCCCc2cc(O)cc(O)c2C(=O)O1. The Bertz CT molecular complexity index is 581. The van der Waals surface area contributed by atoms with Crippen LogP contribution in [-0.4, -0.2) is 33.4 Å². The van der Waals surface area contributed by atoms with E-state index in [0.717, 1.165) is 25.3 Å². The van der Waals surface area contributed by atoms with Crippen molar-refractivity contribution in [3.63, 3.8) is 0 Å². The second kappa shape index (κ2) is 7.97. The van der Waals surface area contributed by atoms with Crippen LogP contribution in [0.15, 0.2) is 12.1 Å². The number of esters is 2. The molecule has 0 amide bonds. The number of phenols is 2. The molecule has 3 N–H and O–H groups in total.